The van der Waals surface area contributed by atoms with E-state index in [1.807, 2.05) is 30.3 Å². The minimum atomic E-state index is -0.942. The first-order valence-electron chi connectivity index (χ1n) is 9.55. The Morgan fingerprint density at radius 1 is 1.00 bits per heavy atom. The van der Waals surface area contributed by atoms with Gasteiger partial charge in [0.1, 0.15) is 0 Å². The zero-order valence-electron chi connectivity index (χ0n) is 14.3. The van der Waals surface area contributed by atoms with Crippen molar-refractivity contribution in [2.45, 2.75) is 43.8 Å². The number of aliphatic hydroxyl groups excluding tert-OH is 1. The molecule has 2 fully saturated rings. The van der Waals surface area contributed by atoms with E-state index < -0.39 is 11.7 Å². The maximum Gasteiger partial charge on any atom is 0.0967 e. The number of fused-ring (bicyclic) bond motifs is 2. The molecule has 2 bridgehead atoms. The predicted molar refractivity (Wildman–Crippen MR) is 95.5 cm³/mol. The van der Waals surface area contributed by atoms with E-state index in [9.17, 15) is 10.2 Å². The molecule has 1 saturated heterocycles. The van der Waals surface area contributed by atoms with Crippen LogP contribution in [0.3, 0.4) is 0 Å². The molecule has 0 amide bonds. The first-order valence-corrected chi connectivity index (χ1v) is 9.55. The minimum absolute atomic E-state index is 0.0836. The van der Waals surface area contributed by atoms with E-state index in [0.717, 1.165) is 31.6 Å². The monoisotopic (exact) mass is 327 g/mol. The van der Waals surface area contributed by atoms with E-state index >= 15 is 0 Å². The fraction of sp³-hybridized carbons (Fsp3) is 0.619. The van der Waals surface area contributed by atoms with Crippen molar-refractivity contribution in [1.82, 2.24) is 4.90 Å². The van der Waals surface area contributed by atoms with E-state index in [2.05, 4.69) is 17.1 Å². The van der Waals surface area contributed by atoms with Gasteiger partial charge in [-0.2, -0.15) is 0 Å². The van der Waals surface area contributed by atoms with Gasteiger partial charge in [0, 0.05) is 18.4 Å². The van der Waals surface area contributed by atoms with Gasteiger partial charge in [0.15, 0.2) is 0 Å². The van der Waals surface area contributed by atoms with Crippen molar-refractivity contribution in [1.29, 1.82) is 0 Å². The molecule has 24 heavy (non-hydrogen) atoms. The van der Waals surface area contributed by atoms with Crippen LogP contribution in [0.15, 0.2) is 42.5 Å². The third-order valence-corrected chi connectivity index (χ3v) is 6.50. The summed E-state index contributed by atoms with van der Waals surface area (Å²) in [6.45, 7) is 3.20. The van der Waals surface area contributed by atoms with Crippen LogP contribution in [0.5, 0.6) is 0 Å². The molecule has 1 aliphatic heterocycles. The second-order valence-corrected chi connectivity index (χ2v) is 7.91. The van der Waals surface area contributed by atoms with Gasteiger partial charge in [-0.05, 0) is 50.3 Å². The van der Waals surface area contributed by atoms with Gasteiger partial charge in [-0.25, -0.2) is 0 Å². The van der Waals surface area contributed by atoms with E-state index in [1.54, 1.807) is 0 Å². The van der Waals surface area contributed by atoms with Crippen LogP contribution in [-0.2, 0) is 5.60 Å². The number of hydrogen-bond donors (Lipinski definition) is 2. The van der Waals surface area contributed by atoms with Crippen LogP contribution in [-0.4, -0.2) is 40.9 Å². The maximum atomic E-state index is 11.8. The van der Waals surface area contributed by atoms with Gasteiger partial charge in [0.05, 0.1) is 11.7 Å². The minimum Gasteiger partial charge on any atom is -0.392 e. The van der Waals surface area contributed by atoms with Gasteiger partial charge in [0.25, 0.3) is 0 Å². The third kappa shape index (κ3) is 2.83. The van der Waals surface area contributed by atoms with Gasteiger partial charge >= 0.3 is 0 Å². The van der Waals surface area contributed by atoms with Gasteiger partial charge < -0.3 is 15.1 Å². The summed E-state index contributed by atoms with van der Waals surface area (Å²) in [6, 6.07) is 10.0. The van der Waals surface area contributed by atoms with Crippen LogP contribution in [0, 0.1) is 17.8 Å². The Kier molecular flexibility index (Phi) is 4.50. The van der Waals surface area contributed by atoms with Crippen molar-refractivity contribution in [3.8, 4) is 0 Å². The molecule has 3 heteroatoms. The fourth-order valence-electron chi connectivity index (χ4n) is 5.17. The number of allylic oxidation sites excluding steroid dienone is 1. The van der Waals surface area contributed by atoms with Crippen molar-refractivity contribution < 1.29 is 10.2 Å². The lowest BCUT2D eigenvalue weighted by Gasteiger charge is -2.42. The summed E-state index contributed by atoms with van der Waals surface area (Å²) in [6.07, 6.45) is 9.49. The zero-order valence-corrected chi connectivity index (χ0v) is 14.3. The van der Waals surface area contributed by atoms with E-state index in [4.69, 9.17) is 0 Å². The Labute approximate surface area is 145 Å². The second kappa shape index (κ2) is 6.62. The van der Waals surface area contributed by atoms with Gasteiger partial charge in [-0.3, -0.25) is 0 Å². The second-order valence-electron chi connectivity index (χ2n) is 7.91. The fourth-order valence-corrected chi connectivity index (χ4v) is 5.17. The maximum absolute atomic E-state index is 11.8. The molecule has 2 aliphatic carbocycles. The lowest BCUT2D eigenvalue weighted by atomic mass is 9.71. The molecule has 2 N–H and O–H groups in total. The van der Waals surface area contributed by atoms with Crippen molar-refractivity contribution in [2.24, 2.45) is 17.8 Å². The molecule has 4 rings (SSSR count). The van der Waals surface area contributed by atoms with Crippen LogP contribution < -0.4 is 0 Å². The number of aliphatic hydroxyl groups is 2. The Balaban J connectivity index is 1.59. The average molecular weight is 327 g/mol. The summed E-state index contributed by atoms with van der Waals surface area (Å²) in [5.41, 5.74) is 0.0227. The van der Waals surface area contributed by atoms with Crippen molar-refractivity contribution in [2.75, 3.05) is 19.6 Å². The highest BCUT2D eigenvalue weighted by Gasteiger charge is 2.54. The quantitative estimate of drug-likeness (QED) is 0.817. The smallest absolute Gasteiger partial charge is 0.0967 e. The molecular weight excluding hydrogens is 298 g/mol. The lowest BCUT2D eigenvalue weighted by molar-refractivity contribution is -0.0917. The molecular formula is C21H29NO2. The molecule has 1 aromatic rings. The first-order chi connectivity index (χ1) is 11.7. The number of piperidine rings is 1. The molecule has 3 aliphatic rings. The number of likely N-dealkylation sites (tertiary alicyclic amines) is 1. The Morgan fingerprint density at radius 2 is 1.71 bits per heavy atom. The Morgan fingerprint density at radius 3 is 2.38 bits per heavy atom. The zero-order chi connectivity index (χ0) is 16.6. The molecule has 5 unspecified atom stereocenters. The van der Waals surface area contributed by atoms with Crippen LogP contribution in [0.4, 0.5) is 0 Å². The molecule has 1 saturated carbocycles. The van der Waals surface area contributed by atoms with E-state index in [0.29, 0.717) is 12.3 Å². The number of rotatable bonds is 5. The molecule has 5 atom stereocenters. The van der Waals surface area contributed by atoms with Crippen molar-refractivity contribution in [3.63, 3.8) is 0 Å². The predicted octanol–water partition coefficient (Wildman–Crippen LogP) is 2.93. The van der Waals surface area contributed by atoms with Crippen LogP contribution in [0.25, 0.3) is 0 Å². The molecule has 130 valence electrons. The van der Waals surface area contributed by atoms with Gasteiger partial charge in [-0.1, -0.05) is 48.9 Å². The third-order valence-electron chi connectivity index (χ3n) is 6.50. The Hall–Kier alpha value is -1.16. The average Bonchev–Trinajstić information content (AvgIpc) is 3.23. The van der Waals surface area contributed by atoms with E-state index in [1.165, 1.54) is 19.3 Å². The largest absolute Gasteiger partial charge is 0.392 e. The molecule has 3 nitrogen and oxygen atoms in total. The van der Waals surface area contributed by atoms with Gasteiger partial charge in [-0.15, -0.1) is 0 Å². The summed E-state index contributed by atoms with van der Waals surface area (Å²) in [5.74, 6) is 0.446. The summed E-state index contributed by atoms with van der Waals surface area (Å²) in [7, 11) is 0. The molecule has 0 aromatic heterocycles. The number of hydrogen-bond acceptors (Lipinski definition) is 3. The SMILES string of the molecule is OC1C2C=CC(C2)C1C(O)(CCN1CCCCC1)c1ccccc1. The van der Waals surface area contributed by atoms with Crippen LogP contribution in [0.1, 0.15) is 37.7 Å². The highest BCUT2D eigenvalue weighted by Crippen LogP contribution is 2.52. The molecule has 0 radical (unpaired) electrons. The molecule has 1 heterocycles. The summed E-state index contributed by atoms with van der Waals surface area (Å²) in [5, 5.41) is 22.6. The summed E-state index contributed by atoms with van der Waals surface area (Å²) in [4.78, 5) is 2.48. The summed E-state index contributed by atoms with van der Waals surface area (Å²) >= 11 is 0. The van der Waals surface area contributed by atoms with Crippen molar-refractivity contribution in [3.05, 3.63) is 48.0 Å². The Bertz CT molecular complexity index is 581. The first kappa shape index (κ1) is 16.3. The molecule has 1 aromatic carbocycles. The van der Waals surface area contributed by atoms with E-state index in [-0.39, 0.29) is 11.8 Å². The highest BCUT2D eigenvalue weighted by molar-refractivity contribution is 5.28. The number of benzene rings is 1. The lowest BCUT2D eigenvalue weighted by Crippen LogP contribution is -2.46. The van der Waals surface area contributed by atoms with Crippen LogP contribution in [0.2, 0.25) is 0 Å². The molecule has 0 spiro atoms. The summed E-state index contributed by atoms with van der Waals surface area (Å²) < 4.78 is 0. The van der Waals surface area contributed by atoms with Crippen LogP contribution >= 0.6 is 0 Å². The number of nitrogens with zero attached hydrogens (tertiary/aromatic N) is 1. The normalized spacial score (nSPS) is 35.2. The van der Waals surface area contributed by atoms with Gasteiger partial charge in [0.2, 0.25) is 0 Å². The highest BCUT2D eigenvalue weighted by atomic mass is 16.3. The standard InChI is InChI=1S/C21H29NO2/c23-20-17-10-9-16(15-17)19(20)21(24,18-7-3-1-4-8-18)11-14-22-12-5-2-6-13-22/h1,3-4,7-10,16-17,19-20,23-24H,2,5-6,11-15H2. The topological polar surface area (TPSA) is 43.7 Å². The van der Waals surface area contributed by atoms with Crippen molar-refractivity contribution >= 4 is 0 Å².